The van der Waals surface area contributed by atoms with E-state index in [-0.39, 0.29) is 5.54 Å². The molecular formula is C16H22N2S. The molecule has 1 unspecified atom stereocenters. The average Bonchev–Trinajstić information content (AvgIpc) is 2.96. The maximum atomic E-state index is 6.12. The summed E-state index contributed by atoms with van der Waals surface area (Å²) in [5.41, 5.74) is 7.80. The van der Waals surface area contributed by atoms with Crippen molar-refractivity contribution >= 4 is 21.4 Å². The van der Waals surface area contributed by atoms with Crippen LogP contribution in [0.25, 0.3) is 10.1 Å². The minimum atomic E-state index is 0.271. The summed E-state index contributed by atoms with van der Waals surface area (Å²) >= 11 is 1.83. The SMILES string of the molecule is CC1(C)CCCN1C(CN)c1csc2ccccc12. The first-order valence-corrected chi connectivity index (χ1v) is 7.94. The lowest BCUT2D eigenvalue weighted by Crippen LogP contribution is -2.43. The van der Waals surface area contributed by atoms with Gasteiger partial charge < -0.3 is 5.73 Å². The molecule has 3 heteroatoms. The molecule has 2 aromatic rings. The number of hydrogen-bond donors (Lipinski definition) is 1. The van der Waals surface area contributed by atoms with E-state index in [4.69, 9.17) is 5.73 Å². The van der Waals surface area contributed by atoms with Crippen LogP contribution in [0.15, 0.2) is 29.6 Å². The molecule has 102 valence electrons. The predicted molar refractivity (Wildman–Crippen MR) is 83.6 cm³/mol. The number of rotatable bonds is 3. The second-order valence-corrected chi connectivity index (χ2v) is 6.96. The molecule has 1 aliphatic rings. The van der Waals surface area contributed by atoms with Crippen molar-refractivity contribution in [3.05, 3.63) is 35.2 Å². The Balaban J connectivity index is 2.03. The van der Waals surface area contributed by atoms with Gasteiger partial charge in [0.25, 0.3) is 0 Å². The molecule has 1 saturated heterocycles. The molecule has 3 rings (SSSR count). The number of hydrogen-bond acceptors (Lipinski definition) is 3. The van der Waals surface area contributed by atoms with Crippen molar-refractivity contribution in [1.29, 1.82) is 0 Å². The molecule has 0 radical (unpaired) electrons. The van der Waals surface area contributed by atoms with Crippen LogP contribution < -0.4 is 5.73 Å². The maximum Gasteiger partial charge on any atom is 0.0490 e. The van der Waals surface area contributed by atoms with E-state index in [9.17, 15) is 0 Å². The maximum absolute atomic E-state index is 6.12. The van der Waals surface area contributed by atoms with E-state index in [1.54, 1.807) is 0 Å². The number of nitrogens with zero attached hydrogens (tertiary/aromatic N) is 1. The summed E-state index contributed by atoms with van der Waals surface area (Å²) in [5.74, 6) is 0. The van der Waals surface area contributed by atoms with E-state index < -0.39 is 0 Å². The van der Waals surface area contributed by atoms with Gasteiger partial charge in [-0.3, -0.25) is 4.90 Å². The van der Waals surface area contributed by atoms with E-state index in [1.807, 2.05) is 11.3 Å². The molecular weight excluding hydrogens is 252 g/mol. The van der Waals surface area contributed by atoms with Gasteiger partial charge in [0.05, 0.1) is 0 Å². The fourth-order valence-electron chi connectivity index (χ4n) is 3.38. The number of fused-ring (bicyclic) bond motifs is 1. The van der Waals surface area contributed by atoms with E-state index in [0.717, 1.165) is 0 Å². The van der Waals surface area contributed by atoms with Gasteiger partial charge in [-0.1, -0.05) is 18.2 Å². The van der Waals surface area contributed by atoms with Gasteiger partial charge >= 0.3 is 0 Å². The summed E-state index contributed by atoms with van der Waals surface area (Å²) in [4.78, 5) is 2.60. The summed E-state index contributed by atoms with van der Waals surface area (Å²) < 4.78 is 1.37. The van der Waals surface area contributed by atoms with Gasteiger partial charge in [-0.05, 0) is 55.6 Å². The molecule has 1 aromatic carbocycles. The summed E-state index contributed by atoms with van der Waals surface area (Å²) in [6.07, 6.45) is 2.55. The topological polar surface area (TPSA) is 29.3 Å². The molecule has 1 atom stereocenters. The van der Waals surface area contributed by atoms with E-state index in [0.29, 0.717) is 12.6 Å². The normalized spacial score (nSPS) is 21.0. The van der Waals surface area contributed by atoms with Crippen LogP contribution in [0.2, 0.25) is 0 Å². The van der Waals surface area contributed by atoms with Gasteiger partial charge in [0, 0.05) is 22.8 Å². The predicted octanol–water partition coefficient (Wildman–Crippen LogP) is 3.78. The van der Waals surface area contributed by atoms with Gasteiger partial charge in [-0.25, -0.2) is 0 Å². The first kappa shape index (κ1) is 13.1. The first-order valence-electron chi connectivity index (χ1n) is 7.06. The second-order valence-electron chi connectivity index (χ2n) is 6.05. The summed E-state index contributed by atoms with van der Waals surface area (Å²) in [5, 5.41) is 3.68. The molecule has 1 aliphatic heterocycles. The van der Waals surface area contributed by atoms with E-state index >= 15 is 0 Å². The standard InChI is InChI=1S/C16H22N2S/c1-16(2)8-5-9-18(16)14(10-17)13-11-19-15-7-4-3-6-12(13)15/h3-4,6-7,11,14H,5,8-10,17H2,1-2H3. The lowest BCUT2D eigenvalue weighted by atomic mass is 9.97. The van der Waals surface area contributed by atoms with E-state index in [2.05, 4.69) is 48.4 Å². The summed E-state index contributed by atoms with van der Waals surface area (Å²) in [7, 11) is 0. The Labute approximate surface area is 119 Å². The highest BCUT2D eigenvalue weighted by Gasteiger charge is 2.37. The van der Waals surface area contributed by atoms with Crippen molar-refractivity contribution in [2.24, 2.45) is 5.73 Å². The third-order valence-corrected chi connectivity index (χ3v) is 5.42. The zero-order valence-corrected chi connectivity index (χ0v) is 12.5. The number of nitrogens with two attached hydrogens (primary N) is 1. The van der Waals surface area contributed by atoms with Crippen molar-refractivity contribution in [2.75, 3.05) is 13.1 Å². The monoisotopic (exact) mass is 274 g/mol. The fraction of sp³-hybridized carbons (Fsp3) is 0.500. The Morgan fingerprint density at radius 2 is 2.16 bits per heavy atom. The van der Waals surface area contributed by atoms with Gasteiger partial charge in [-0.2, -0.15) is 0 Å². The minimum absolute atomic E-state index is 0.271. The molecule has 2 N–H and O–H groups in total. The quantitative estimate of drug-likeness (QED) is 0.923. The average molecular weight is 274 g/mol. The van der Waals surface area contributed by atoms with Crippen LogP contribution in [0.5, 0.6) is 0 Å². The molecule has 1 fully saturated rings. The van der Waals surface area contributed by atoms with Crippen LogP contribution in [0, 0.1) is 0 Å². The Hall–Kier alpha value is -0.900. The van der Waals surface area contributed by atoms with E-state index in [1.165, 1.54) is 35.0 Å². The second kappa shape index (κ2) is 4.89. The van der Waals surface area contributed by atoms with Gasteiger partial charge in [0.2, 0.25) is 0 Å². The van der Waals surface area contributed by atoms with Crippen molar-refractivity contribution in [2.45, 2.75) is 38.3 Å². The molecule has 0 aliphatic carbocycles. The Kier molecular flexibility index (Phi) is 3.37. The minimum Gasteiger partial charge on any atom is -0.329 e. The van der Waals surface area contributed by atoms with Crippen molar-refractivity contribution < 1.29 is 0 Å². The molecule has 0 saturated carbocycles. The van der Waals surface area contributed by atoms with Crippen molar-refractivity contribution in [3.8, 4) is 0 Å². The van der Waals surface area contributed by atoms with Crippen LogP contribution >= 0.6 is 11.3 Å². The smallest absolute Gasteiger partial charge is 0.0490 e. The van der Waals surface area contributed by atoms with Crippen LogP contribution in [0.3, 0.4) is 0 Å². The fourth-order valence-corrected chi connectivity index (χ4v) is 4.39. The molecule has 2 heterocycles. The third kappa shape index (κ3) is 2.20. The highest BCUT2D eigenvalue weighted by molar-refractivity contribution is 7.17. The molecule has 1 aromatic heterocycles. The Morgan fingerprint density at radius 1 is 1.37 bits per heavy atom. The molecule has 0 amide bonds. The lowest BCUT2D eigenvalue weighted by Gasteiger charge is -2.38. The van der Waals surface area contributed by atoms with Gasteiger partial charge in [0.1, 0.15) is 0 Å². The zero-order valence-electron chi connectivity index (χ0n) is 11.7. The summed E-state index contributed by atoms with van der Waals surface area (Å²) in [6.45, 7) is 6.55. The lowest BCUT2D eigenvalue weighted by molar-refractivity contribution is 0.120. The third-order valence-electron chi connectivity index (χ3n) is 4.43. The largest absolute Gasteiger partial charge is 0.329 e. The molecule has 0 bridgehead atoms. The molecule has 0 spiro atoms. The number of likely N-dealkylation sites (tertiary alicyclic amines) is 1. The number of thiophene rings is 1. The van der Waals surface area contributed by atoms with Crippen LogP contribution in [0.1, 0.15) is 38.3 Å². The molecule has 19 heavy (non-hydrogen) atoms. The first-order chi connectivity index (χ1) is 9.13. The van der Waals surface area contributed by atoms with Crippen molar-refractivity contribution in [3.63, 3.8) is 0 Å². The summed E-state index contributed by atoms with van der Waals surface area (Å²) in [6, 6.07) is 9.02. The number of benzene rings is 1. The zero-order chi connectivity index (χ0) is 13.5. The van der Waals surface area contributed by atoms with Crippen LogP contribution in [0.4, 0.5) is 0 Å². The Bertz CT molecular complexity index is 573. The van der Waals surface area contributed by atoms with Crippen LogP contribution in [-0.2, 0) is 0 Å². The Morgan fingerprint density at radius 3 is 2.84 bits per heavy atom. The highest BCUT2D eigenvalue weighted by atomic mass is 32.1. The van der Waals surface area contributed by atoms with Gasteiger partial charge in [0.15, 0.2) is 0 Å². The van der Waals surface area contributed by atoms with Gasteiger partial charge in [-0.15, -0.1) is 11.3 Å². The van der Waals surface area contributed by atoms with Crippen LogP contribution in [-0.4, -0.2) is 23.5 Å². The highest BCUT2D eigenvalue weighted by Crippen LogP contribution is 2.39. The molecule has 2 nitrogen and oxygen atoms in total. The van der Waals surface area contributed by atoms with Crippen molar-refractivity contribution in [1.82, 2.24) is 4.90 Å².